The van der Waals surface area contributed by atoms with E-state index in [2.05, 4.69) is 50.3 Å². The number of hydrogen-bond donors (Lipinski definition) is 0. The van der Waals surface area contributed by atoms with E-state index < -0.39 is 24.3 Å². The highest BCUT2D eigenvalue weighted by Crippen LogP contribution is 2.21. The Morgan fingerprint density at radius 1 is 0.303 bits per heavy atom. The number of carbonyl (C=O) groups is 3. The Morgan fingerprint density at radius 3 is 0.808 bits per heavy atom. The summed E-state index contributed by atoms with van der Waals surface area (Å²) in [4.78, 5) is 37.7. The summed E-state index contributed by atoms with van der Waals surface area (Å²) in [7, 11) is 5.96. The summed E-state index contributed by atoms with van der Waals surface area (Å²) >= 11 is 0. The third kappa shape index (κ3) is 82.7. The minimum Gasteiger partial charge on any atom is -0.545 e. The summed E-state index contributed by atoms with van der Waals surface area (Å²) in [6.45, 7) is 4.83. The number of ether oxygens (including phenoxy) is 4. The molecule has 9 heteroatoms. The molecule has 0 rings (SSSR count). The maximum absolute atomic E-state index is 13.0. The van der Waals surface area contributed by atoms with Gasteiger partial charge in [0, 0.05) is 12.8 Å². The molecular formula is C90H171NO8. The average Bonchev–Trinajstić information content (AvgIpc) is 1.16. The number of carboxylic acid groups (broad SMARTS) is 1. The van der Waals surface area contributed by atoms with Gasteiger partial charge >= 0.3 is 11.9 Å². The molecule has 2 atom stereocenters. The number of quaternary nitrogens is 1. The lowest BCUT2D eigenvalue weighted by Crippen LogP contribution is -2.44. The first-order chi connectivity index (χ1) is 48.6. The summed E-state index contributed by atoms with van der Waals surface area (Å²) in [6.07, 6.45) is 103. The zero-order valence-corrected chi connectivity index (χ0v) is 67.2. The monoisotopic (exact) mass is 1390 g/mol. The van der Waals surface area contributed by atoms with Gasteiger partial charge in [-0.1, -0.05) is 416 Å². The van der Waals surface area contributed by atoms with Gasteiger partial charge in [-0.05, 0) is 70.6 Å². The summed E-state index contributed by atoms with van der Waals surface area (Å²) < 4.78 is 22.9. The highest BCUT2D eigenvalue weighted by molar-refractivity contribution is 5.70. The van der Waals surface area contributed by atoms with Crippen LogP contribution in [0.5, 0.6) is 0 Å². The Hall–Kier alpha value is -2.49. The lowest BCUT2D eigenvalue weighted by atomic mass is 10.0. The van der Waals surface area contributed by atoms with Crippen molar-refractivity contribution in [2.75, 3.05) is 47.5 Å². The number of carbonyl (C=O) groups excluding carboxylic acids is 3. The molecule has 0 N–H and O–H groups in total. The molecule has 9 nitrogen and oxygen atoms in total. The van der Waals surface area contributed by atoms with E-state index in [1.54, 1.807) is 0 Å². The van der Waals surface area contributed by atoms with Crippen LogP contribution in [0.3, 0.4) is 0 Å². The van der Waals surface area contributed by atoms with Gasteiger partial charge in [0.2, 0.25) is 0 Å². The molecule has 0 aliphatic rings. The number of esters is 2. The largest absolute Gasteiger partial charge is 0.545 e. The van der Waals surface area contributed by atoms with E-state index in [4.69, 9.17) is 18.9 Å². The molecule has 99 heavy (non-hydrogen) atoms. The fraction of sp³-hybridized carbons (Fsp3) is 0.900. The van der Waals surface area contributed by atoms with Crippen LogP contribution in [-0.2, 0) is 33.3 Å². The lowest BCUT2D eigenvalue weighted by Gasteiger charge is -2.26. The highest BCUT2D eigenvalue weighted by Gasteiger charge is 2.22. The van der Waals surface area contributed by atoms with Gasteiger partial charge < -0.3 is 33.3 Å². The van der Waals surface area contributed by atoms with Crippen LogP contribution in [0, 0.1) is 0 Å². The quantitative estimate of drug-likeness (QED) is 0.0195. The van der Waals surface area contributed by atoms with Gasteiger partial charge in [-0.15, -0.1) is 0 Å². The van der Waals surface area contributed by atoms with Crippen LogP contribution in [-0.4, -0.2) is 82.3 Å². The van der Waals surface area contributed by atoms with Gasteiger partial charge in [0.1, 0.15) is 13.2 Å². The maximum atomic E-state index is 13.0. The maximum Gasteiger partial charge on any atom is 0.306 e. The van der Waals surface area contributed by atoms with E-state index in [0.29, 0.717) is 17.4 Å². The second-order valence-electron chi connectivity index (χ2n) is 31.5. The highest BCUT2D eigenvalue weighted by atomic mass is 16.7. The van der Waals surface area contributed by atoms with Crippen molar-refractivity contribution in [2.24, 2.45) is 0 Å². The van der Waals surface area contributed by atoms with Crippen LogP contribution in [0.25, 0.3) is 0 Å². The van der Waals surface area contributed by atoms with Gasteiger partial charge in [0.05, 0.1) is 40.3 Å². The number of likely N-dealkylation sites (N-methyl/N-ethyl adjacent to an activating group) is 1. The third-order valence-corrected chi connectivity index (χ3v) is 20.4. The number of unbranched alkanes of at least 4 members (excludes halogenated alkanes) is 63. The predicted octanol–water partition coefficient (Wildman–Crippen LogP) is 27.3. The van der Waals surface area contributed by atoms with Crippen molar-refractivity contribution < 1.29 is 42.9 Å². The van der Waals surface area contributed by atoms with Crippen molar-refractivity contribution in [1.29, 1.82) is 0 Å². The number of rotatable bonds is 84. The van der Waals surface area contributed by atoms with Crippen molar-refractivity contribution >= 4 is 17.9 Å². The predicted molar refractivity (Wildman–Crippen MR) is 426 cm³/mol. The molecule has 0 fully saturated rings. The van der Waals surface area contributed by atoms with Gasteiger partial charge in [-0.3, -0.25) is 9.59 Å². The molecule has 0 saturated carbocycles. The van der Waals surface area contributed by atoms with Crippen LogP contribution in [0.15, 0.2) is 36.5 Å². The first kappa shape index (κ1) is 96.5. The van der Waals surface area contributed by atoms with Gasteiger partial charge in [0.15, 0.2) is 12.4 Å². The van der Waals surface area contributed by atoms with Crippen LogP contribution < -0.4 is 5.11 Å². The Morgan fingerprint density at radius 2 is 0.545 bits per heavy atom. The zero-order chi connectivity index (χ0) is 71.8. The fourth-order valence-electron chi connectivity index (χ4n) is 13.6. The molecule has 0 aromatic carbocycles. The molecule has 0 bridgehead atoms. The van der Waals surface area contributed by atoms with E-state index in [1.807, 2.05) is 21.1 Å². The average molecular weight is 1400 g/mol. The molecule has 0 heterocycles. The first-order valence-corrected chi connectivity index (χ1v) is 44.1. The van der Waals surface area contributed by atoms with Crippen molar-refractivity contribution in [1.82, 2.24) is 0 Å². The van der Waals surface area contributed by atoms with Crippen LogP contribution in [0.1, 0.15) is 463 Å². The number of nitrogens with zero attached hydrogens (tertiary/aromatic N) is 1. The Kier molecular flexibility index (Phi) is 79.1. The summed E-state index contributed by atoms with van der Waals surface area (Å²) in [6, 6.07) is 0. The third-order valence-electron chi connectivity index (χ3n) is 20.4. The molecule has 584 valence electrons. The van der Waals surface area contributed by atoms with E-state index in [-0.39, 0.29) is 32.2 Å². The van der Waals surface area contributed by atoms with E-state index in [1.165, 1.54) is 392 Å². The summed E-state index contributed by atoms with van der Waals surface area (Å²) in [5.41, 5.74) is 0. The second kappa shape index (κ2) is 81.2. The van der Waals surface area contributed by atoms with Crippen LogP contribution >= 0.6 is 0 Å². The summed E-state index contributed by atoms with van der Waals surface area (Å²) in [5, 5.41) is 11.9. The minimum atomic E-state index is -1.62. The molecule has 0 saturated heterocycles. The van der Waals surface area contributed by atoms with Crippen molar-refractivity contribution in [2.45, 2.75) is 476 Å². The molecule has 2 unspecified atom stereocenters. The number of allylic oxidation sites excluding steroid dienone is 6. The topological polar surface area (TPSA) is 111 Å². The number of hydrogen-bond acceptors (Lipinski definition) is 8. The normalized spacial score (nSPS) is 12.7. The van der Waals surface area contributed by atoms with Gasteiger partial charge in [-0.2, -0.15) is 0 Å². The van der Waals surface area contributed by atoms with Crippen molar-refractivity contribution in [3.05, 3.63) is 36.5 Å². The number of carboxylic acids is 1. The van der Waals surface area contributed by atoms with E-state index in [9.17, 15) is 19.5 Å². The summed E-state index contributed by atoms with van der Waals surface area (Å²) in [5.74, 6) is -2.24. The molecule has 0 aromatic rings. The van der Waals surface area contributed by atoms with Gasteiger partial charge in [-0.25, -0.2) is 0 Å². The zero-order valence-electron chi connectivity index (χ0n) is 67.2. The number of aliphatic carboxylic acids is 1. The first-order valence-electron chi connectivity index (χ1n) is 44.1. The Labute approximate surface area is 617 Å². The second-order valence-corrected chi connectivity index (χ2v) is 31.5. The van der Waals surface area contributed by atoms with Crippen molar-refractivity contribution in [3.8, 4) is 0 Å². The molecule has 0 aromatic heterocycles. The standard InChI is InChI=1S/C90H171NO8/c1-6-8-10-12-14-16-18-20-22-24-26-28-30-32-34-36-38-40-42-43-44-45-47-48-50-52-54-56-58-60-62-64-66-68-70-72-74-76-78-80-87(92)97-84-86(85-98-90(89(94)95)96-83-82-91(3,4)5)99-88(93)81-79-77-75-73-71-69-67-65-63-61-59-57-55-53-51-49-46-41-39-37-35-33-31-29-27-25-23-21-19-17-15-13-11-9-7-2/h19,21,24-27,86,90H,6-18,20,22-23,28-85H2,1-5H3/b21-19-,26-24-,27-25-. The minimum absolute atomic E-state index is 0.152. The molecule has 0 spiro atoms. The van der Waals surface area contributed by atoms with Gasteiger partial charge in [0.25, 0.3) is 0 Å². The van der Waals surface area contributed by atoms with Crippen molar-refractivity contribution in [3.63, 3.8) is 0 Å². The molecule has 0 radical (unpaired) electrons. The van der Waals surface area contributed by atoms with E-state index in [0.717, 1.165) is 44.9 Å². The molecule has 0 aliphatic carbocycles. The smallest absolute Gasteiger partial charge is 0.306 e. The Bertz CT molecular complexity index is 1720. The Balaban J connectivity index is 3.90. The molecular weight excluding hydrogens is 1220 g/mol. The molecule has 0 aliphatic heterocycles. The molecule has 0 amide bonds. The van der Waals surface area contributed by atoms with Crippen LogP contribution in [0.4, 0.5) is 0 Å². The lowest BCUT2D eigenvalue weighted by molar-refractivity contribution is -0.870. The van der Waals surface area contributed by atoms with E-state index >= 15 is 0 Å². The SMILES string of the molecule is CCCCCCC/C=C\C/C=C\CCCCCCCCCCCCCCCCCCCCCCCCCC(=O)OC(COC(=O)CCCCCCCCCCCCCCCCCCCCCCCCCCCCC/C=C\CCCCCCCCCC)COC(OCC[N+](C)(C)C)C(=O)[O-]. The van der Waals surface area contributed by atoms with Crippen LogP contribution in [0.2, 0.25) is 0 Å². The fourth-order valence-corrected chi connectivity index (χ4v) is 13.6.